The Labute approximate surface area is 148 Å². The van der Waals surface area contributed by atoms with Crippen molar-refractivity contribution in [3.05, 3.63) is 23.8 Å². The van der Waals surface area contributed by atoms with Crippen LogP contribution in [0.4, 0.5) is 0 Å². The van der Waals surface area contributed by atoms with E-state index in [1.807, 2.05) is 12.4 Å². The van der Waals surface area contributed by atoms with Crippen molar-refractivity contribution in [1.82, 2.24) is 9.97 Å². The molecule has 0 amide bonds. The van der Waals surface area contributed by atoms with Crippen LogP contribution in [0.15, 0.2) is 12.4 Å². The molecule has 1 heterocycles. The van der Waals surface area contributed by atoms with Gasteiger partial charge in [-0.25, -0.2) is 9.97 Å². The number of rotatable bonds is 6. The summed E-state index contributed by atoms with van der Waals surface area (Å²) in [6.45, 7) is 4.40. The first-order valence-corrected chi connectivity index (χ1v) is 10.5. The van der Waals surface area contributed by atoms with Crippen LogP contribution in [0.3, 0.4) is 0 Å². The molecule has 134 valence electrons. The lowest BCUT2D eigenvalue weighted by atomic mass is 9.75. The molecule has 2 aliphatic carbocycles. The third-order valence-electron chi connectivity index (χ3n) is 6.66. The molecule has 0 spiro atoms. The topological polar surface area (TPSA) is 25.8 Å². The molecular weight excluding hydrogens is 292 g/mol. The Hall–Kier alpha value is -0.920. The zero-order valence-corrected chi connectivity index (χ0v) is 15.8. The van der Waals surface area contributed by atoms with E-state index in [2.05, 4.69) is 23.8 Å². The van der Waals surface area contributed by atoms with Crippen LogP contribution in [-0.2, 0) is 0 Å². The van der Waals surface area contributed by atoms with Crippen molar-refractivity contribution < 1.29 is 0 Å². The highest BCUT2D eigenvalue weighted by Crippen LogP contribution is 2.39. The van der Waals surface area contributed by atoms with Gasteiger partial charge in [0, 0.05) is 18.3 Å². The monoisotopic (exact) mass is 328 g/mol. The van der Waals surface area contributed by atoms with Crippen molar-refractivity contribution in [3.63, 3.8) is 0 Å². The molecule has 2 fully saturated rings. The van der Waals surface area contributed by atoms with E-state index in [0.29, 0.717) is 5.92 Å². The summed E-state index contributed by atoms with van der Waals surface area (Å²) in [4.78, 5) is 9.11. The Balaban J connectivity index is 1.35. The second-order valence-electron chi connectivity index (χ2n) is 8.59. The second-order valence-corrected chi connectivity index (χ2v) is 8.59. The molecule has 2 nitrogen and oxygen atoms in total. The fourth-order valence-electron chi connectivity index (χ4n) is 5.01. The highest BCUT2D eigenvalue weighted by Gasteiger charge is 2.26. The molecule has 0 aromatic carbocycles. The van der Waals surface area contributed by atoms with Crippen molar-refractivity contribution >= 4 is 0 Å². The molecule has 0 bridgehead atoms. The van der Waals surface area contributed by atoms with Gasteiger partial charge < -0.3 is 0 Å². The van der Waals surface area contributed by atoms with Crippen molar-refractivity contribution in [1.29, 1.82) is 0 Å². The molecule has 3 rings (SSSR count). The molecule has 0 atom stereocenters. The number of hydrogen-bond acceptors (Lipinski definition) is 2. The van der Waals surface area contributed by atoms with Gasteiger partial charge in [-0.2, -0.15) is 0 Å². The van der Waals surface area contributed by atoms with Gasteiger partial charge in [-0.1, -0.05) is 58.3 Å². The normalized spacial score (nSPS) is 31.1. The Morgan fingerprint density at radius 1 is 0.750 bits per heavy atom. The summed E-state index contributed by atoms with van der Waals surface area (Å²) in [6.07, 6.45) is 21.2. The average Bonchev–Trinajstić information content (AvgIpc) is 2.63. The van der Waals surface area contributed by atoms with Gasteiger partial charge >= 0.3 is 0 Å². The molecule has 0 aliphatic heterocycles. The smallest absolute Gasteiger partial charge is 0.131 e. The third-order valence-corrected chi connectivity index (χ3v) is 6.66. The van der Waals surface area contributed by atoms with Gasteiger partial charge in [-0.05, 0) is 55.9 Å². The minimum Gasteiger partial charge on any atom is -0.241 e. The van der Waals surface area contributed by atoms with Gasteiger partial charge in [-0.15, -0.1) is 0 Å². The summed E-state index contributed by atoms with van der Waals surface area (Å²) >= 11 is 0. The van der Waals surface area contributed by atoms with E-state index in [9.17, 15) is 0 Å². The van der Waals surface area contributed by atoms with E-state index >= 15 is 0 Å². The lowest BCUT2D eigenvalue weighted by molar-refractivity contribution is 0.223. The first-order valence-electron chi connectivity index (χ1n) is 10.5. The van der Waals surface area contributed by atoms with Crippen molar-refractivity contribution in [2.75, 3.05) is 0 Å². The van der Waals surface area contributed by atoms with Gasteiger partial charge in [0.05, 0.1) is 0 Å². The lowest BCUT2D eigenvalue weighted by Gasteiger charge is -2.31. The van der Waals surface area contributed by atoms with Crippen LogP contribution in [0.25, 0.3) is 0 Å². The zero-order chi connectivity index (χ0) is 16.8. The fourth-order valence-corrected chi connectivity index (χ4v) is 5.01. The Morgan fingerprint density at radius 3 is 1.71 bits per heavy atom. The molecule has 24 heavy (non-hydrogen) atoms. The summed E-state index contributed by atoms with van der Waals surface area (Å²) < 4.78 is 0. The molecule has 0 unspecified atom stereocenters. The summed E-state index contributed by atoms with van der Waals surface area (Å²) in [5, 5.41) is 0. The predicted octanol–water partition coefficient (Wildman–Crippen LogP) is 6.45. The van der Waals surface area contributed by atoms with Gasteiger partial charge in [0.25, 0.3) is 0 Å². The van der Waals surface area contributed by atoms with Gasteiger partial charge in [0.1, 0.15) is 5.82 Å². The SMILES string of the molecule is CCC[C@H]1CC[C@H](CCC2CCC(c3ncc(C)cn3)CC2)CC1. The first-order chi connectivity index (χ1) is 11.7. The van der Waals surface area contributed by atoms with Crippen LogP contribution in [0.1, 0.15) is 101 Å². The average molecular weight is 329 g/mol. The highest BCUT2D eigenvalue weighted by molar-refractivity contribution is 5.05. The van der Waals surface area contributed by atoms with Crippen LogP contribution in [0.5, 0.6) is 0 Å². The predicted molar refractivity (Wildman–Crippen MR) is 101 cm³/mol. The Bertz CT molecular complexity index is 465. The standard InChI is InChI=1S/C22H36N2/c1-3-4-18-5-7-19(8-6-18)9-10-20-11-13-21(14-12-20)22-23-15-17(2)16-24-22/h15-16,18-21H,3-14H2,1-2H3/t18-,19-,20?,21?. The largest absolute Gasteiger partial charge is 0.241 e. The Kier molecular flexibility index (Phi) is 6.68. The molecular formula is C22H36N2. The van der Waals surface area contributed by atoms with E-state index in [4.69, 9.17) is 0 Å². The van der Waals surface area contributed by atoms with E-state index in [0.717, 1.165) is 23.6 Å². The van der Waals surface area contributed by atoms with Crippen molar-refractivity contribution in [2.24, 2.45) is 17.8 Å². The molecule has 2 saturated carbocycles. The van der Waals surface area contributed by atoms with E-state index in [-0.39, 0.29) is 0 Å². The fraction of sp³-hybridized carbons (Fsp3) is 0.818. The van der Waals surface area contributed by atoms with Crippen LogP contribution in [0, 0.1) is 24.7 Å². The summed E-state index contributed by atoms with van der Waals surface area (Å²) in [5.74, 6) is 4.77. The maximum atomic E-state index is 4.56. The van der Waals surface area contributed by atoms with Crippen LogP contribution < -0.4 is 0 Å². The maximum absolute atomic E-state index is 4.56. The van der Waals surface area contributed by atoms with Gasteiger partial charge in [0.15, 0.2) is 0 Å². The molecule has 2 aliphatic rings. The molecule has 0 N–H and O–H groups in total. The minimum atomic E-state index is 0.617. The summed E-state index contributed by atoms with van der Waals surface area (Å²) in [5.41, 5.74) is 1.17. The Morgan fingerprint density at radius 2 is 1.21 bits per heavy atom. The van der Waals surface area contributed by atoms with Crippen LogP contribution in [-0.4, -0.2) is 9.97 Å². The number of aryl methyl sites for hydroxylation is 1. The summed E-state index contributed by atoms with van der Waals surface area (Å²) in [6, 6.07) is 0. The van der Waals surface area contributed by atoms with Crippen molar-refractivity contribution in [2.45, 2.75) is 96.8 Å². The number of hydrogen-bond donors (Lipinski definition) is 0. The number of nitrogens with zero attached hydrogens (tertiary/aromatic N) is 2. The van der Waals surface area contributed by atoms with Gasteiger partial charge in [-0.3, -0.25) is 0 Å². The molecule has 0 radical (unpaired) electrons. The summed E-state index contributed by atoms with van der Waals surface area (Å²) in [7, 11) is 0. The quantitative estimate of drug-likeness (QED) is 0.600. The van der Waals surface area contributed by atoms with E-state index < -0.39 is 0 Å². The number of aromatic nitrogens is 2. The maximum Gasteiger partial charge on any atom is 0.131 e. The molecule has 1 aromatic heterocycles. The van der Waals surface area contributed by atoms with Gasteiger partial charge in [0.2, 0.25) is 0 Å². The zero-order valence-electron chi connectivity index (χ0n) is 15.8. The molecule has 1 aromatic rings. The van der Waals surface area contributed by atoms with Crippen molar-refractivity contribution in [3.8, 4) is 0 Å². The second kappa shape index (κ2) is 8.97. The van der Waals surface area contributed by atoms with E-state index in [1.165, 1.54) is 82.6 Å². The lowest BCUT2D eigenvalue weighted by Crippen LogP contribution is -2.18. The van der Waals surface area contributed by atoms with E-state index in [1.54, 1.807) is 0 Å². The third kappa shape index (κ3) is 5.04. The van der Waals surface area contributed by atoms with Crippen LogP contribution in [0.2, 0.25) is 0 Å². The minimum absolute atomic E-state index is 0.617. The molecule has 0 saturated heterocycles. The van der Waals surface area contributed by atoms with Crippen LogP contribution >= 0.6 is 0 Å². The highest BCUT2D eigenvalue weighted by atomic mass is 14.9. The molecule has 2 heteroatoms. The first kappa shape index (κ1) is 17.9.